The molecule has 10 heteroatoms. The molecule has 36 heavy (non-hydrogen) atoms. The zero-order chi connectivity index (χ0) is 24.4. The van der Waals surface area contributed by atoms with E-state index in [0.29, 0.717) is 45.3 Å². The summed E-state index contributed by atoms with van der Waals surface area (Å²) >= 11 is 6.74. The van der Waals surface area contributed by atoms with Crippen molar-refractivity contribution in [1.29, 1.82) is 0 Å². The van der Waals surface area contributed by atoms with Crippen LogP contribution in [0.2, 0.25) is 5.02 Å². The summed E-state index contributed by atoms with van der Waals surface area (Å²) in [4.78, 5) is 19.4. The highest BCUT2D eigenvalue weighted by Crippen LogP contribution is 2.39. The number of aliphatic hydroxyl groups excluding tert-OH is 1. The molecular formula is C26H24ClN7O2. The second-order valence-corrected chi connectivity index (χ2v) is 10.1. The first-order valence-corrected chi connectivity index (χ1v) is 12.4. The van der Waals surface area contributed by atoms with E-state index in [4.69, 9.17) is 21.3 Å². The van der Waals surface area contributed by atoms with Crippen LogP contribution < -0.4 is 4.74 Å². The van der Waals surface area contributed by atoms with Crippen LogP contribution in [0.15, 0.2) is 48.9 Å². The Morgan fingerprint density at radius 1 is 1.06 bits per heavy atom. The molecule has 5 aromatic rings. The first-order chi connectivity index (χ1) is 17.5. The van der Waals surface area contributed by atoms with Crippen LogP contribution in [0.5, 0.6) is 11.5 Å². The van der Waals surface area contributed by atoms with Gasteiger partial charge in [0.1, 0.15) is 27.9 Å². The van der Waals surface area contributed by atoms with Crippen LogP contribution >= 0.6 is 11.6 Å². The van der Waals surface area contributed by atoms with Crippen molar-refractivity contribution in [3.8, 4) is 22.8 Å². The smallest absolute Gasteiger partial charge is 0.148 e. The van der Waals surface area contributed by atoms with Crippen molar-refractivity contribution in [3.63, 3.8) is 0 Å². The second-order valence-electron chi connectivity index (χ2n) is 9.70. The number of aromatic amines is 1. The van der Waals surface area contributed by atoms with Gasteiger partial charge in [0.15, 0.2) is 0 Å². The quantitative estimate of drug-likeness (QED) is 0.365. The Balaban J connectivity index is 1.12. The van der Waals surface area contributed by atoms with Crippen molar-refractivity contribution in [2.45, 2.75) is 38.0 Å². The molecule has 1 saturated carbocycles. The van der Waals surface area contributed by atoms with E-state index in [1.807, 2.05) is 54.3 Å². The molecule has 0 bridgehead atoms. The molecule has 2 N–H and O–H groups in total. The maximum atomic E-state index is 9.53. The number of β-amino-alcohol motifs (C(OH)–C–C–N with tert-alkyl or cyclic N) is 1. The third-order valence-corrected chi connectivity index (χ3v) is 7.55. The number of benzene rings is 2. The van der Waals surface area contributed by atoms with Crippen molar-refractivity contribution >= 4 is 33.7 Å². The largest absolute Gasteiger partial charge is 0.456 e. The van der Waals surface area contributed by atoms with Gasteiger partial charge < -0.3 is 14.8 Å². The second kappa shape index (κ2) is 8.26. The summed E-state index contributed by atoms with van der Waals surface area (Å²) < 4.78 is 8.12. The van der Waals surface area contributed by atoms with Gasteiger partial charge in [0.05, 0.1) is 46.8 Å². The Morgan fingerprint density at radius 3 is 2.72 bits per heavy atom. The average Bonchev–Trinajstić information content (AvgIpc) is 3.44. The molecule has 0 radical (unpaired) electrons. The lowest BCUT2D eigenvalue weighted by Crippen LogP contribution is -2.59. The standard InChI is InChI=1S/C26H24ClN7O2/c1-14-30-20-3-2-19(8-22(20)31-14)36-24-5-4-21-26(25(24)27)32-23(10-28-21)15-9-29-34(11-15)17-6-16(7-17)33-12-18(35)13-33/h2-5,8-11,16-18,35H,6-7,12-13H2,1H3,(H,30,31)/t16-,17+. The molecular weight excluding hydrogens is 478 g/mol. The Bertz CT molecular complexity index is 1600. The minimum absolute atomic E-state index is 0.158. The number of nitrogens with zero attached hydrogens (tertiary/aromatic N) is 6. The highest BCUT2D eigenvalue weighted by atomic mass is 35.5. The molecule has 7 rings (SSSR count). The third-order valence-electron chi connectivity index (χ3n) is 7.18. The topological polar surface area (TPSA) is 105 Å². The summed E-state index contributed by atoms with van der Waals surface area (Å²) in [6, 6.07) is 10.3. The molecule has 0 amide bonds. The van der Waals surface area contributed by atoms with Crippen molar-refractivity contribution in [2.24, 2.45) is 0 Å². The van der Waals surface area contributed by atoms with Gasteiger partial charge >= 0.3 is 0 Å². The fraction of sp³-hybridized carbons (Fsp3) is 0.308. The number of halogens is 1. The molecule has 0 atom stereocenters. The van der Waals surface area contributed by atoms with Crippen molar-refractivity contribution in [3.05, 3.63) is 59.8 Å². The van der Waals surface area contributed by atoms with E-state index in [1.54, 1.807) is 6.20 Å². The van der Waals surface area contributed by atoms with E-state index in [2.05, 4.69) is 25.0 Å². The van der Waals surface area contributed by atoms with Crippen molar-refractivity contribution < 1.29 is 9.84 Å². The summed E-state index contributed by atoms with van der Waals surface area (Å²) in [5.41, 5.74) is 4.68. The monoisotopic (exact) mass is 501 g/mol. The number of aromatic nitrogens is 6. The third kappa shape index (κ3) is 3.71. The summed E-state index contributed by atoms with van der Waals surface area (Å²) in [6.45, 7) is 3.50. The molecule has 2 fully saturated rings. The molecule has 182 valence electrons. The molecule has 3 aromatic heterocycles. The number of aryl methyl sites for hydroxylation is 1. The van der Waals surface area contributed by atoms with Crippen molar-refractivity contribution in [1.82, 2.24) is 34.6 Å². The van der Waals surface area contributed by atoms with Crippen molar-refractivity contribution in [2.75, 3.05) is 13.1 Å². The van der Waals surface area contributed by atoms with Gasteiger partial charge in [0, 0.05) is 37.0 Å². The molecule has 2 aliphatic rings. The first kappa shape index (κ1) is 21.7. The molecule has 0 unspecified atom stereocenters. The van der Waals surface area contributed by atoms with Crippen LogP contribution in [-0.2, 0) is 0 Å². The summed E-state index contributed by atoms with van der Waals surface area (Å²) in [5.74, 6) is 2.02. The van der Waals surface area contributed by atoms with Crippen LogP contribution in [0.1, 0.15) is 24.7 Å². The summed E-state index contributed by atoms with van der Waals surface area (Å²) in [5, 5.41) is 14.5. The number of H-pyrrole nitrogens is 1. The first-order valence-electron chi connectivity index (χ1n) is 12.1. The van der Waals surface area contributed by atoms with E-state index in [-0.39, 0.29) is 6.10 Å². The number of ether oxygens (including phenoxy) is 1. The highest BCUT2D eigenvalue weighted by Gasteiger charge is 2.40. The summed E-state index contributed by atoms with van der Waals surface area (Å²) in [6.07, 6.45) is 7.54. The van der Waals surface area contributed by atoms with E-state index >= 15 is 0 Å². The Morgan fingerprint density at radius 2 is 1.89 bits per heavy atom. The fourth-order valence-corrected chi connectivity index (χ4v) is 5.32. The number of nitrogens with one attached hydrogen (secondary N) is 1. The predicted octanol–water partition coefficient (Wildman–Crippen LogP) is 4.50. The zero-order valence-corrected chi connectivity index (χ0v) is 20.4. The zero-order valence-electron chi connectivity index (χ0n) is 19.6. The lowest BCUT2D eigenvalue weighted by Gasteiger charge is -2.49. The minimum Gasteiger partial charge on any atom is -0.456 e. The van der Waals surface area contributed by atoms with E-state index in [0.717, 1.165) is 48.4 Å². The molecule has 9 nitrogen and oxygen atoms in total. The number of aliphatic hydroxyl groups is 1. The van der Waals surface area contributed by atoms with Crippen LogP contribution in [0, 0.1) is 6.92 Å². The predicted molar refractivity (Wildman–Crippen MR) is 136 cm³/mol. The number of imidazole rings is 1. The lowest BCUT2D eigenvalue weighted by molar-refractivity contribution is -0.0576. The number of rotatable bonds is 5. The molecule has 1 aliphatic heterocycles. The van der Waals surface area contributed by atoms with Gasteiger partial charge in [-0.15, -0.1) is 0 Å². The van der Waals surface area contributed by atoms with Gasteiger partial charge in [-0.1, -0.05) is 11.6 Å². The Kier molecular flexibility index (Phi) is 4.99. The Hall–Kier alpha value is -3.53. The SMILES string of the molecule is Cc1nc2ccc(Oc3ccc4ncc(-c5cnn([C@H]6C[C@@H](N7CC(O)C7)C6)c5)nc4c3Cl)cc2[nH]1. The highest BCUT2D eigenvalue weighted by molar-refractivity contribution is 6.36. The van der Waals surface area contributed by atoms with Gasteiger partial charge in [-0.05, 0) is 44.0 Å². The number of fused-ring (bicyclic) bond motifs is 2. The summed E-state index contributed by atoms with van der Waals surface area (Å²) in [7, 11) is 0. The molecule has 0 spiro atoms. The van der Waals surface area contributed by atoms with Gasteiger partial charge in [-0.3, -0.25) is 14.6 Å². The minimum atomic E-state index is -0.158. The molecule has 4 heterocycles. The van der Waals surface area contributed by atoms with Gasteiger partial charge in [-0.25, -0.2) is 9.97 Å². The van der Waals surface area contributed by atoms with Gasteiger partial charge in [-0.2, -0.15) is 5.10 Å². The van der Waals surface area contributed by atoms with Gasteiger partial charge in [0.25, 0.3) is 0 Å². The van der Waals surface area contributed by atoms with Crippen LogP contribution in [0.25, 0.3) is 33.3 Å². The average molecular weight is 502 g/mol. The van der Waals surface area contributed by atoms with E-state index in [9.17, 15) is 5.11 Å². The van der Waals surface area contributed by atoms with Gasteiger partial charge in [0.2, 0.25) is 0 Å². The van der Waals surface area contributed by atoms with E-state index < -0.39 is 0 Å². The maximum absolute atomic E-state index is 9.53. The fourth-order valence-electron chi connectivity index (χ4n) is 5.08. The molecule has 1 saturated heterocycles. The molecule has 2 aromatic carbocycles. The number of hydrogen-bond donors (Lipinski definition) is 2. The number of likely N-dealkylation sites (tertiary alicyclic amines) is 1. The van der Waals surface area contributed by atoms with Crippen LogP contribution in [0.4, 0.5) is 0 Å². The molecule has 1 aliphatic carbocycles. The van der Waals surface area contributed by atoms with E-state index in [1.165, 1.54) is 0 Å². The lowest BCUT2D eigenvalue weighted by atomic mass is 9.83. The van der Waals surface area contributed by atoms with Crippen LogP contribution in [-0.4, -0.2) is 65.0 Å². The Labute approximate surface area is 211 Å². The maximum Gasteiger partial charge on any atom is 0.148 e. The van der Waals surface area contributed by atoms with Crippen LogP contribution in [0.3, 0.4) is 0 Å². The number of hydrogen-bond acceptors (Lipinski definition) is 7. The normalized spacial score (nSPS) is 20.5.